The normalized spacial score (nSPS) is 26.4. The first kappa shape index (κ1) is 13.2. The molecule has 2 saturated carbocycles. The van der Waals surface area contributed by atoms with Crippen LogP contribution >= 0.6 is 0 Å². The second kappa shape index (κ2) is 5.30. The van der Waals surface area contributed by atoms with Crippen molar-refractivity contribution in [2.45, 2.75) is 26.2 Å². The monoisotopic (exact) mass is 268 g/mol. The van der Waals surface area contributed by atoms with E-state index in [0.717, 1.165) is 41.5 Å². The molecule has 1 aromatic rings. The molecule has 0 aliphatic heterocycles. The number of benzene rings is 1. The third-order valence-electron chi connectivity index (χ3n) is 4.43. The van der Waals surface area contributed by atoms with E-state index >= 15 is 0 Å². The van der Waals surface area contributed by atoms with Gasteiger partial charge in [-0.05, 0) is 61.8 Å². The fourth-order valence-corrected chi connectivity index (χ4v) is 3.20. The lowest BCUT2D eigenvalue weighted by Gasteiger charge is -2.13. The minimum atomic E-state index is 0.178. The Balaban J connectivity index is 1.65. The summed E-state index contributed by atoms with van der Waals surface area (Å²) in [6.07, 6.45) is 3.50. The lowest BCUT2D eigenvalue weighted by atomic mass is 10.0. The molecular weight excluding hydrogens is 248 g/mol. The first-order chi connectivity index (χ1) is 9.67. The number of hydrogen-bond acceptors (Lipinski definition) is 2. The van der Waals surface area contributed by atoms with Crippen LogP contribution in [0, 0.1) is 36.5 Å². The van der Waals surface area contributed by atoms with E-state index in [0.29, 0.717) is 6.54 Å². The van der Waals surface area contributed by atoms with Gasteiger partial charge in [0.25, 0.3) is 0 Å². The molecule has 2 unspecified atom stereocenters. The number of carbonyl (C=O) groups excluding carboxylic acids is 1. The Morgan fingerprint density at radius 1 is 1.35 bits per heavy atom. The predicted octanol–water partition coefficient (Wildman–Crippen LogP) is 2.29. The van der Waals surface area contributed by atoms with Gasteiger partial charge in [-0.25, -0.2) is 0 Å². The Kier molecular flexibility index (Phi) is 3.50. The smallest absolute Gasteiger partial charge is 0.227 e. The van der Waals surface area contributed by atoms with Gasteiger partial charge in [-0.15, -0.1) is 0 Å². The van der Waals surface area contributed by atoms with Gasteiger partial charge in [0.05, 0.1) is 6.54 Å². The molecule has 3 rings (SSSR count). The Morgan fingerprint density at radius 2 is 2.10 bits per heavy atom. The Hall–Kier alpha value is -1.79. The summed E-state index contributed by atoms with van der Waals surface area (Å²) in [5, 5.41) is 3.04. The number of nitrogens with one attached hydrogen (secondary N) is 1. The zero-order valence-electron chi connectivity index (χ0n) is 11.8. The molecule has 2 atom stereocenters. The fraction of sp³-hybridized carbons (Fsp3) is 0.471. The van der Waals surface area contributed by atoms with Crippen LogP contribution in [0.4, 0.5) is 5.69 Å². The van der Waals surface area contributed by atoms with Crippen LogP contribution in [0.2, 0.25) is 0 Å². The van der Waals surface area contributed by atoms with Crippen LogP contribution in [0.25, 0.3) is 0 Å². The summed E-state index contributed by atoms with van der Waals surface area (Å²) in [6, 6.07) is 5.84. The molecule has 0 aromatic heterocycles. The third-order valence-corrected chi connectivity index (χ3v) is 4.43. The average molecular weight is 268 g/mol. The quantitative estimate of drug-likeness (QED) is 0.809. The van der Waals surface area contributed by atoms with Crippen LogP contribution in [0.15, 0.2) is 18.2 Å². The molecule has 1 amide bonds. The van der Waals surface area contributed by atoms with Crippen molar-refractivity contribution in [3.8, 4) is 11.8 Å². The lowest BCUT2D eigenvalue weighted by molar-refractivity contribution is -0.120. The highest BCUT2D eigenvalue weighted by Crippen LogP contribution is 2.54. The summed E-state index contributed by atoms with van der Waals surface area (Å²) in [5.74, 6) is 7.95. The second-order valence-corrected chi connectivity index (χ2v) is 5.95. The number of aryl methyl sites for hydroxylation is 1. The van der Waals surface area contributed by atoms with Gasteiger partial charge in [0, 0.05) is 17.2 Å². The highest BCUT2D eigenvalue weighted by molar-refractivity contribution is 5.93. The van der Waals surface area contributed by atoms with E-state index in [1.165, 1.54) is 6.42 Å². The van der Waals surface area contributed by atoms with Crippen molar-refractivity contribution in [1.29, 1.82) is 0 Å². The number of amides is 1. The highest BCUT2D eigenvalue weighted by Gasteiger charge is 2.47. The molecule has 0 heterocycles. The summed E-state index contributed by atoms with van der Waals surface area (Å²) in [5.41, 5.74) is 8.28. The SMILES string of the molecule is Cc1cc(NC(=O)C2CC3CC3C2)ccc1C#CCN. The molecule has 1 aromatic carbocycles. The van der Waals surface area contributed by atoms with Gasteiger partial charge >= 0.3 is 0 Å². The molecule has 20 heavy (non-hydrogen) atoms. The first-order valence-corrected chi connectivity index (χ1v) is 7.28. The van der Waals surface area contributed by atoms with Crippen molar-refractivity contribution in [1.82, 2.24) is 0 Å². The van der Waals surface area contributed by atoms with Crippen molar-refractivity contribution < 1.29 is 4.79 Å². The maximum absolute atomic E-state index is 12.2. The van der Waals surface area contributed by atoms with Crippen molar-refractivity contribution in [3.63, 3.8) is 0 Å². The number of rotatable bonds is 2. The van der Waals surface area contributed by atoms with Crippen molar-refractivity contribution >= 4 is 11.6 Å². The van der Waals surface area contributed by atoms with Crippen LogP contribution in [0.5, 0.6) is 0 Å². The molecule has 3 nitrogen and oxygen atoms in total. The zero-order valence-corrected chi connectivity index (χ0v) is 11.8. The van der Waals surface area contributed by atoms with Gasteiger partial charge in [0.1, 0.15) is 0 Å². The van der Waals surface area contributed by atoms with E-state index < -0.39 is 0 Å². The Morgan fingerprint density at radius 3 is 2.75 bits per heavy atom. The maximum atomic E-state index is 12.2. The molecule has 2 fully saturated rings. The van der Waals surface area contributed by atoms with E-state index in [1.54, 1.807) is 0 Å². The number of fused-ring (bicyclic) bond motifs is 1. The summed E-state index contributed by atoms with van der Waals surface area (Å²) >= 11 is 0. The summed E-state index contributed by atoms with van der Waals surface area (Å²) < 4.78 is 0. The van der Waals surface area contributed by atoms with Crippen LogP contribution < -0.4 is 11.1 Å². The summed E-state index contributed by atoms with van der Waals surface area (Å²) in [6.45, 7) is 2.36. The van der Waals surface area contributed by atoms with E-state index in [4.69, 9.17) is 5.73 Å². The zero-order chi connectivity index (χ0) is 14.1. The predicted molar refractivity (Wildman–Crippen MR) is 80.1 cm³/mol. The fourth-order valence-electron chi connectivity index (χ4n) is 3.20. The number of carbonyl (C=O) groups is 1. The minimum absolute atomic E-state index is 0.178. The van der Waals surface area contributed by atoms with Crippen molar-refractivity contribution in [2.75, 3.05) is 11.9 Å². The molecular formula is C17H20N2O. The molecule has 104 valence electrons. The first-order valence-electron chi connectivity index (χ1n) is 7.28. The van der Waals surface area contributed by atoms with Crippen molar-refractivity contribution in [3.05, 3.63) is 29.3 Å². The Labute approximate surface area is 119 Å². The third kappa shape index (κ3) is 2.71. The summed E-state index contributed by atoms with van der Waals surface area (Å²) in [4.78, 5) is 12.2. The van der Waals surface area contributed by atoms with Crippen LogP contribution in [-0.2, 0) is 4.79 Å². The molecule has 0 spiro atoms. The van der Waals surface area contributed by atoms with Gasteiger partial charge in [0.15, 0.2) is 0 Å². The molecule has 0 bridgehead atoms. The second-order valence-electron chi connectivity index (χ2n) is 5.95. The molecule has 2 aliphatic rings. The van der Waals surface area contributed by atoms with Crippen LogP contribution in [-0.4, -0.2) is 12.5 Å². The van der Waals surface area contributed by atoms with Crippen LogP contribution in [0.1, 0.15) is 30.4 Å². The molecule has 3 N–H and O–H groups in total. The van der Waals surface area contributed by atoms with Crippen molar-refractivity contribution in [2.24, 2.45) is 23.5 Å². The Bertz CT molecular complexity index is 587. The number of hydrogen-bond donors (Lipinski definition) is 2. The van der Waals surface area contributed by atoms with Gasteiger partial charge in [-0.1, -0.05) is 11.8 Å². The van der Waals surface area contributed by atoms with Gasteiger partial charge in [-0.2, -0.15) is 0 Å². The van der Waals surface area contributed by atoms with E-state index in [2.05, 4.69) is 17.2 Å². The lowest BCUT2D eigenvalue weighted by Crippen LogP contribution is -2.21. The largest absolute Gasteiger partial charge is 0.326 e. The maximum Gasteiger partial charge on any atom is 0.227 e. The summed E-state index contributed by atoms with van der Waals surface area (Å²) in [7, 11) is 0. The molecule has 0 radical (unpaired) electrons. The molecule has 3 heteroatoms. The topological polar surface area (TPSA) is 55.1 Å². The molecule has 2 aliphatic carbocycles. The van der Waals surface area contributed by atoms with Gasteiger partial charge in [0.2, 0.25) is 5.91 Å². The van der Waals surface area contributed by atoms with Gasteiger partial charge in [-0.3, -0.25) is 4.79 Å². The van der Waals surface area contributed by atoms with E-state index in [-0.39, 0.29) is 11.8 Å². The van der Waals surface area contributed by atoms with E-state index in [1.807, 2.05) is 25.1 Å². The standard InChI is InChI=1S/C17H20N2O/c1-11-7-16(5-4-12(11)3-2-6-18)19-17(20)15-9-13-8-14(13)10-15/h4-5,7,13-15H,6,8-10,18H2,1H3,(H,19,20). The molecule has 0 saturated heterocycles. The number of nitrogens with two attached hydrogens (primary N) is 1. The average Bonchev–Trinajstić information content (AvgIpc) is 3.04. The van der Waals surface area contributed by atoms with E-state index in [9.17, 15) is 4.79 Å². The number of anilines is 1. The highest BCUT2D eigenvalue weighted by atomic mass is 16.1. The van der Waals surface area contributed by atoms with Crippen LogP contribution in [0.3, 0.4) is 0 Å². The minimum Gasteiger partial charge on any atom is -0.326 e. The van der Waals surface area contributed by atoms with Gasteiger partial charge < -0.3 is 11.1 Å².